The van der Waals surface area contributed by atoms with E-state index in [2.05, 4.69) is 54.1 Å². The second-order valence-corrected chi connectivity index (χ2v) is 7.71. The maximum Gasteiger partial charge on any atom is 0.123 e. The van der Waals surface area contributed by atoms with Crippen molar-refractivity contribution in [1.82, 2.24) is 9.80 Å². The van der Waals surface area contributed by atoms with Crippen LogP contribution in [0.4, 0.5) is 0 Å². The topological polar surface area (TPSA) is 15.7 Å². The summed E-state index contributed by atoms with van der Waals surface area (Å²) >= 11 is 6.22. The molecule has 4 heteroatoms. The molecule has 0 N–H and O–H groups in total. The highest BCUT2D eigenvalue weighted by atomic mass is 35.5. The van der Waals surface area contributed by atoms with Crippen LogP contribution < -0.4 is 4.74 Å². The molecule has 0 spiro atoms. The van der Waals surface area contributed by atoms with Gasteiger partial charge < -0.3 is 14.5 Å². The molecule has 3 rings (SSSR count). The molecule has 1 heterocycles. The van der Waals surface area contributed by atoms with E-state index in [1.54, 1.807) is 0 Å². The molecule has 1 fully saturated rings. The molecule has 2 aromatic carbocycles. The molecular formula is C22H29ClN2O. The average molecular weight is 373 g/mol. The monoisotopic (exact) mass is 372 g/mol. The molecule has 0 atom stereocenters. The number of likely N-dealkylation sites (N-methyl/N-ethyl adjacent to an activating group) is 1. The number of benzene rings is 2. The number of hydrogen-bond acceptors (Lipinski definition) is 3. The van der Waals surface area contributed by atoms with Crippen molar-refractivity contribution in [2.45, 2.75) is 26.4 Å². The number of piperazine rings is 1. The number of aryl methyl sites for hydroxylation is 2. The van der Waals surface area contributed by atoms with Gasteiger partial charge >= 0.3 is 0 Å². The predicted octanol–water partition coefficient (Wildman–Crippen LogP) is 4.41. The van der Waals surface area contributed by atoms with Crippen molar-refractivity contribution < 1.29 is 4.74 Å². The summed E-state index contributed by atoms with van der Waals surface area (Å²) in [5.74, 6) is 0.952. The van der Waals surface area contributed by atoms with Gasteiger partial charge in [-0.15, -0.1) is 0 Å². The lowest BCUT2D eigenvalue weighted by Crippen LogP contribution is -2.44. The van der Waals surface area contributed by atoms with Gasteiger partial charge in [0.2, 0.25) is 0 Å². The fourth-order valence-corrected chi connectivity index (χ4v) is 3.49. The summed E-state index contributed by atoms with van der Waals surface area (Å²) in [5.41, 5.74) is 3.66. The lowest BCUT2D eigenvalue weighted by molar-refractivity contribution is 0.153. The van der Waals surface area contributed by atoms with Crippen molar-refractivity contribution in [2.75, 3.05) is 39.8 Å². The molecule has 0 unspecified atom stereocenters. The zero-order chi connectivity index (χ0) is 18.4. The Balaban J connectivity index is 1.54. The molecule has 0 bridgehead atoms. The van der Waals surface area contributed by atoms with Crippen LogP contribution in [-0.4, -0.2) is 49.6 Å². The molecular weight excluding hydrogens is 344 g/mol. The number of nitrogens with zero attached hydrogens (tertiary/aromatic N) is 2. The number of halogens is 1. The predicted molar refractivity (Wildman–Crippen MR) is 109 cm³/mol. The summed E-state index contributed by atoms with van der Waals surface area (Å²) in [5, 5.41) is 0.780. The lowest BCUT2D eigenvalue weighted by atomic mass is 10.1. The van der Waals surface area contributed by atoms with Crippen LogP contribution in [0.25, 0.3) is 0 Å². The molecule has 26 heavy (non-hydrogen) atoms. The SMILES string of the molecule is Cc1ccc(COc2ccc(Cl)cc2CCCN2CCN(C)CC2)cc1. The van der Waals surface area contributed by atoms with Crippen LogP contribution in [0.15, 0.2) is 42.5 Å². The van der Waals surface area contributed by atoms with E-state index in [9.17, 15) is 0 Å². The maximum absolute atomic E-state index is 6.22. The molecule has 1 saturated heterocycles. The molecule has 3 nitrogen and oxygen atoms in total. The molecule has 0 aliphatic carbocycles. The van der Waals surface area contributed by atoms with E-state index in [4.69, 9.17) is 16.3 Å². The summed E-state index contributed by atoms with van der Waals surface area (Å²) in [7, 11) is 2.20. The Morgan fingerprint density at radius 2 is 1.73 bits per heavy atom. The molecule has 1 aliphatic rings. The van der Waals surface area contributed by atoms with Gasteiger partial charge in [0.05, 0.1) is 0 Å². The largest absolute Gasteiger partial charge is 0.489 e. The highest BCUT2D eigenvalue weighted by Crippen LogP contribution is 2.25. The zero-order valence-electron chi connectivity index (χ0n) is 15.9. The van der Waals surface area contributed by atoms with Gasteiger partial charge in [0.15, 0.2) is 0 Å². The van der Waals surface area contributed by atoms with E-state index in [-0.39, 0.29) is 0 Å². The normalized spacial score (nSPS) is 16.0. The smallest absolute Gasteiger partial charge is 0.123 e. The Labute approximate surface area is 162 Å². The van der Waals surface area contributed by atoms with E-state index in [1.165, 1.54) is 42.9 Å². The Bertz CT molecular complexity index is 694. The van der Waals surface area contributed by atoms with Crippen molar-refractivity contribution in [2.24, 2.45) is 0 Å². The van der Waals surface area contributed by atoms with E-state index < -0.39 is 0 Å². The Morgan fingerprint density at radius 1 is 1.00 bits per heavy atom. The maximum atomic E-state index is 6.22. The summed E-state index contributed by atoms with van der Waals surface area (Å²) < 4.78 is 6.10. The van der Waals surface area contributed by atoms with Crippen LogP contribution in [0.1, 0.15) is 23.1 Å². The first-order valence-electron chi connectivity index (χ1n) is 9.48. The highest BCUT2D eigenvalue weighted by molar-refractivity contribution is 6.30. The second kappa shape index (κ2) is 9.40. The van der Waals surface area contributed by atoms with Gasteiger partial charge in [-0.05, 0) is 62.7 Å². The fraction of sp³-hybridized carbons (Fsp3) is 0.455. The first-order chi connectivity index (χ1) is 12.6. The van der Waals surface area contributed by atoms with Crippen LogP contribution in [0.3, 0.4) is 0 Å². The minimum atomic E-state index is 0.591. The minimum absolute atomic E-state index is 0.591. The van der Waals surface area contributed by atoms with Crippen LogP contribution in [0.2, 0.25) is 5.02 Å². The van der Waals surface area contributed by atoms with Crippen LogP contribution >= 0.6 is 11.6 Å². The van der Waals surface area contributed by atoms with Crippen molar-refractivity contribution in [1.29, 1.82) is 0 Å². The van der Waals surface area contributed by atoms with Gasteiger partial charge in [-0.1, -0.05) is 41.4 Å². The Kier molecular flexibility index (Phi) is 6.95. The zero-order valence-corrected chi connectivity index (χ0v) is 16.6. The summed E-state index contributed by atoms with van der Waals surface area (Å²) in [6, 6.07) is 14.5. The Morgan fingerprint density at radius 3 is 2.46 bits per heavy atom. The third-order valence-corrected chi connectivity index (χ3v) is 5.29. The molecule has 1 aliphatic heterocycles. The van der Waals surface area contributed by atoms with Crippen LogP contribution in [0, 0.1) is 6.92 Å². The number of hydrogen-bond donors (Lipinski definition) is 0. The standard InChI is InChI=1S/C22H29ClN2O/c1-18-5-7-19(8-6-18)17-26-22-10-9-21(23)16-20(22)4-3-11-25-14-12-24(2)13-15-25/h5-10,16H,3-4,11-15,17H2,1-2H3. The first-order valence-corrected chi connectivity index (χ1v) is 9.85. The molecule has 0 saturated carbocycles. The molecule has 2 aromatic rings. The summed E-state index contributed by atoms with van der Waals surface area (Å²) in [4.78, 5) is 4.95. The highest BCUT2D eigenvalue weighted by Gasteiger charge is 2.13. The number of rotatable bonds is 7. The van der Waals surface area contributed by atoms with Gasteiger partial charge in [-0.3, -0.25) is 0 Å². The van der Waals surface area contributed by atoms with Gasteiger partial charge in [-0.2, -0.15) is 0 Å². The minimum Gasteiger partial charge on any atom is -0.489 e. The van der Waals surface area contributed by atoms with Gasteiger partial charge in [-0.25, -0.2) is 0 Å². The third kappa shape index (κ3) is 5.73. The fourth-order valence-electron chi connectivity index (χ4n) is 3.29. The Hall–Kier alpha value is -1.55. The van der Waals surface area contributed by atoms with E-state index >= 15 is 0 Å². The van der Waals surface area contributed by atoms with E-state index in [0.29, 0.717) is 6.61 Å². The molecule has 0 aromatic heterocycles. The van der Waals surface area contributed by atoms with Crippen molar-refractivity contribution in [3.8, 4) is 5.75 Å². The first kappa shape index (κ1) is 19.2. The third-order valence-electron chi connectivity index (χ3n) is 5.05. The quantitative estimate of drug-likeness (QED) is 0.716. The van der Waals surface area contributed by atoms with Gasteiger partial charge in [0.25, 0.3) is 0 Å². The van der Waals surface area contributed by atoms with Gasteiger partial charge in [0, 0.05) is 31.2 Å². The average Bonchev–Trinajstić information content (AvgIpc) is 2.64. The van der Waals surface area contributed by atoms with Crippen LogP contribution in [-0.2, 0) is 13.0 Å². The van der Waals surface area contributed by atoms with Crippen molar-refractivity contribution in [3.05, 3.63) is 64.2 Å². The second-order valence-electron chi connectivity index (χ2n) is 7.27. The van der Waals surface area contributed by atoms with E-state index in [0.717, 1.165) is 30.2 Å². The number of ether oxygens (including phenoxy) is 1. The van der Waals surface area contributed by atoms with Crippen molar-refractivity contribution >= 4 is 11.6 Å². The molecule has 0 amide bonds. The molecule has 140 valence electrons. The summed E-state index contributed by atoms with van der Waals surface area (Å²) in [6.45, 7) is 8.50. The van der Waals surface area contributed by atoms with Crippen LogP contribution in [0.5, 0.6) is 5.75 Å². The molecule has 0 radical (unpaired) electrons. The van der Waals surface area contributed by atoms with E-state index in [1.807, 2.05) is 12.1 Å². The van der Waals surface area contributed by atoms with Crippen molar-refractivity contribution in [3.63, 3.8) is 0 Å². The summed E-state index contributed by atoms with van der Waals surface area (Å²) in [6.07, 6.45) is 2.13. The van der Waals surface area contributed by atoms with Gasteiger partial charge in [0.1, 0.15) is 12.4 Å². The lowest BCUT2D eigenvalue weighted by Gasteiger charge is -2.32.